The molecule has 26 heavy (non-hydrogen) atoms. The van der Waals surface area contributed by atoms with Crippen molar-refractivity contribution in [3.05, 3.63) is 34.6 Å². The summed E-state index contributed by atoms with van der Waals surface area (Å²) in [5.74, 6) is 1.60. The summed E-state index contributed by atoms with van der Waals surface area (Å²) in [4.78, 5) is 22.7. The maximum absolute atomic E-state index is 11.5. The fourth-order valence-corrected chi connectivity index (χ4v) is 5.86. The molecule has 4 atom stereocenters. The van der Waals surface area contributed by atoms with Crippen molar-refractivity contribution in [3.63, 3.8) is 0 Å². The zero-order valence-corrected chi connectivity index (χ0v) is 16.0. The van der Waals surface area contributed by atoms with Crippen molar-refractivity contribution in [1.82, 2.24) is 0 Å². The Labute approximate surface area is 155 Å². The molecule has 0 N–H and O–H groups in total. The number of esters is 2. The third-order valence-electron chi connectivity index (χ3n) is 6.97. The van der Waals surface area contributed by atoms with Gasteiger partial charge in [-0.05, 0) is 73.2 Å². The number of rotatable bonds is 2. The Morgan fingerprint density at radius 2 is 1.88 bits per heavy atom. The van der Waals surface area contributed by atoms with Gasteiger partial charge >= 0.3 is 11.9 Å². The molecule has 0 aromatic heterocycles. The summed E-state index contributed by atoms with van der Waals surface area (Å²) in [5.41, 5.74) is 4.43. The van der Waals surface area contributed by atoms with E-state index in [4.69, 9.17) is 9.47 Å². The van der Waals surface area contributed by atoms with Crippen LogP contribution in [0.3, 0.4) is 0 Å². The predicted molar refractivity (Wildman–Crippen MR) is 97.9 cm³/mol. The molecule has 1 saturated carbocycles. The lowest BCUT2D eigenvalue weighted by Crippen LogP contribution is -2.42. The smallest absolute Gasteiger partial charge is 0.307 e. The van der Waals surface area contributed by atoms with Crippen molar-refractivity contribution in [2.24, 2.45) is 17.3 Å². The number of fused-ring (bicyclic) bond motifs is 4. The summed E-state index contributed by atoms with van der Waals surface area (Å²) >= 11 is 0. The lowest BCUT2D eigenvalue weighted by atomic mass is 9.59. The first kappa shape index (κ1) is 17.6. The SMILES string of the molecule is CC(=O)OC1=CC2=C(CC1)C1=CCC3(C)C(OC(C)=O)CCC3C1CC2. The first-order chi connectivity index (χ1) is 12.4. The minimum atomic E-state index is -0.232. The van der Waals surface area contributed by atoms with E-state index in [2.05, 4.69) is 19.1 Å². The average Bonchev–Trinajstić information content (AvgIpc) is 2.90. The second kappa shape index (κ2) is 6.40. The van der Waals surface area contributed by atoms with Crippen LogP contribution in [-0.2, 0) is 19.1 Å². The van der Waals surface area contributed by atoms with Crippen molar-refractivity contribution in [2.75, 3.05) is 0 Å². The van der Waals surface area contributed by atoms with Crippen LogP contribution in [0.2, 0.25) is 0 Å². The van der Waals surface area contributed by atoms with Gasteiger partial charge < -0.3 is 9.47 Å². The third kappa shape index (κ3) is 2.83. The number of ether oxygens (including phenoxy) is 2. The van der Waals surface area contributed by atoms with Crippen LogP contribution in [0, 0.1) is 17.3 Å². The van der Waals surface area contributed by atoms with Crippen molar-refractivity contribution in [3.8, 4) is 0 Å². The molecule has 0 aromatic rings. The highest BCUT2D eigenvalue weighted by Crippen LogP contribution is 2.59. The molecule has 0 aromatic carbocycles. The Kier molecular flexibility index (Phi) is 4.32. The van der Waals surface area contributed by atoms with Crippen LogP contribution in [0.15, 0.2) is 34.6 Å². The Morgan fingerprint density at radius 3 is 2.62 bits per heavy atom. The normalized spacial score (nSPS) is 35.6. The quantitative estimate of drug-likeness (QED) is 0.678. The molecule has 4 heteroatoms. The fourth-order valence-electron chi connectivity index (χ4n) is 5.86. The summed E-state index contributed by atoms with van der Waals surface area (Å²) < 4.78 is 11.0. The van der Waals surface area contributed by atoms with E-state index in [0.29, 0.717) is 11.8 Å². The topological polar surface area (TPSA) is 52.6 Å². The van der Waals surface area contributed by atoms with Crippen molar-refractivity contribution in [1.29, 1.82) is 0 Å². The van der Waals surface area contributed by atoms with E-state index in [1.165, 1.54) is 30.6 Å². The second-order valence-electron chi connectivity index (χ2n) is 8.50. The zero-order valence-electron chi connectivity index (χ0n) is 16.0. The van der Waals surface area contributed by atoms with Crippen LogP contribution in [-0.4, -0.2) is 18.0 Å². The Morgan fingerprint density at radius 1 is 1.08 bits per heavy atom. The largest absolute Gasteiger partial charge is 0.462 e. The number of carbonyl (C=O) groups is 2. The van der Waals surface area contributed by atoms with Crippen molar-refractivity contribution in [2.45, 2.75) is 71.8 Å². The number of hydrogen-bond donors (Lipinski definition) is 0. The van der Waals surface area contributed by atoms with E-state index in [1.54, 1.807) is 0 Å². The van der Waals surface area contributed by atoms with Crippen molar-refractivity contribution < 1.29 is 19.1 Å². The molecule has 0 bridgehead atoms. The molecule has 4 rings (SSSR count). The zero-order chi connectivity index (χ0) is 18.5. The van der Waals surface area contributed by atoms with Crippen molar-refractivity contribution >= 4 is 11.9 Å². The van der Waals surface area contributed by atoms with Gasteiger partial charge in [0.25, 0.3) is 0 Å². The summed E-state index contributed by atoms with van der Waals surface area (Å²) in [6.45, 7) is 5.30. The molecule has 4 aliphatic carbocycles. The Hall–Kier alpha value is -1.84. The molecule has 0 aliphatic heterocycles. The van der Waals surface area contributed by atoms with E-state index >= 15 is 0 Å². The summed E-state index contributed by atoms with van der Waals surface area (Å²) in [5, 5.41) is 0. The van der Waals surface area contributed by atoms with E-state index < -0.39 is 0 Å². The average molecular weight is 356 g/mol. The molecule has 140 valence electrons. The highest BCUT2D eigenvalue weighted by molar-refractivity contribution is 5.67. The van der Waals surface area contributed by atoms with Gasteiger partial charge in [0.2, 0.25) is 0 Å². The van der Waals surface area contributed by atoms with Gasteiger partial charge in [0, 0.05) is 25.7 Å². The molecule has 0 saturated heterocycles. The molecule has 0 amide bonds. The van der Waals surface area contributed by atoms with Crippen LogP contribution in [0.5, 0.6) is 0 Å². The molecular formula is C22H28O4. The molecule has 1 fully saturated rings. The summed E-state index contributed by atoms with van der Waals surface area (Å²) in [6, 6.07) is 0. The van der Waals surface area contributed by atoms with E-state index in [0.717, 1.165) is 50.7 Å². The fraction of sp³-hybridized carbons (Fsp3) is 0.636. The highest BCUT2D eigenvalue weighted by atomic mass is 16.5. The van der Waals surface area contributed by atoms with Gasteiger partial charge in [-0.15, -0.1) is 0 Å². The maximum Gasteiger partial charge on any atom is 0.307 e. The number of carbonyl (C=O) groups excluding carboxylic acids is 2. The van der Waals surface area contributed by atoms with E-state index in [9.17, 15) is 9.59 Å². The minimum absolute atomic E-state index is 0.0556. The molecule has 4 aliphatic rings. The van der Waals surface area contributed by atoms with Gasteiger partial charge in [-0.1, -0.05) is 13.0 Å². The highest BCUT2D eigenvalue weighted by Gasteiger charge is 2.54. The maximum atomic E-state index is 11.5. The van der Waals surface area contributed by atoms with E-state index in [1.807, 2.05) is 0 Å². The van der Waals surface area contributed by atoms with Crippen LogP contribution < -0.4 is 0 Å². The number of allylic oxidation sites excluding steroid dienone is 6. The summed E-state index contributed by atoms with van der Waals surface area (Å²) in [7, 11) is 0. The van der Waals surface area contributed by atoms with Crippen LogP contribution in [0.25, 0.3) is 0 Å². The van der Waals surface area contributed by atoms with Gasteiger partial charge in [0.1, 0.15) is 11.9 Å². The molecule has 0 radical (unpaired) electrons. The molecular weight excluding hydrogens is 328 g/mol. The van der Waals surface area contributed by atoms with Crippen LogP contribution >= 0.6 is 0 Å². The van der Waals surface area contributed by atoms with Gasteiger partial charge in [-0.2, -0.15) is 0 Å². The van der Waals surface area contributed by atoms with Gasteiger partial charge in [-0.25, -0.2) is 0 Å². The van der Waals surface area contributed by atoms with Gasteiger partial charge in [-0.3, -0.25) is 9.59 Å². The standard InChI is InChI=1S/C22H28O4/c1-13(23)25-16-5-7-17-15(12-16)4-6-19-18(17)10-11-22(3)20(19)8-9-21(22)26-14(2)24/h10,12,19-21H,4-9,11H2,1-3H3. The first-order valence-electron chi connectivity index (χ1n) is 9.87. The third-order valence-corrected chi connectivity index (χ3v) is 6.97. The molecule has 4 nitrogen and oxygen atoms in total. The number of hydrogen-bond acceptors (Lipinski definition) is 4. The lowest BCUT2D eigenvalue weighted by molar-refractivity contribution is -0.152. The second-order valence-corrected chi connectivity index (χ2v) is 8.50. The Bertz CT molecular complexity index is 741. The molecule has 4 unspecified atom stereocenters. The monoisotopic (exact) mass is 356 g/mol. The minimum Gasteiger partial charge on any atom is -0.462 e. The van der Waals surface area contributed by atoms with Gasteiger partial charge in [0.05, 0.1) is 0 Å². The van der Waals surface area contributed by atoms with Crippen LogP contribution in [0.4, 0.5) is 0 Å². The summed E-state index contributed by atoms with van der Waals surface area (Å²) in [6.07, 6.45) is 11.7. The van der Waals surface area contributed by atoms with E-state index in [-0.39, 0.29) is 23.5 Å². The van der Waals surface area contributed by atoms with Gasteiger partial charge in [0.15, 0.2) is 0 Å². The van der Waals surface area contributed by atoms with Crippen LogP contribution in [0.1, 0.15) is 65.7 Å². The molecule has 0 heterocycles. The Balaban J connectivity index is 1.62. The molecule has 0 spiro atoms. The predicted octanol–water partition coefficient (Wildman–Crippen LogP) is 4.61. The lowest BCUT2D eigenvalue weighted by Gasteiger charge is -2.47. The first-order valence-corrected chi connectivity index (χ1v) is 9.87.